The van der Waals surface area contributed by atoms with E-state index in [0.29, 0.717) is 0 Å². The zero-order chi connectivity index (χ0) is 9.52. The molecule has 0 saturated carbocycles. The fraction of sp³-hybridized carbons (Fsp3) is 0.545. The third-order valence-electron chi connectivity index (χ3n) is 2.29. The van der Waals surface area contributed by atoms with Crippen LogP contribution in [0.15, 0.2) is 24.3 Å². The van der Waals surface area contributed by atoms with Crippen molar-refractivity contribution in [2.75, 3.05) is 0 Å². The van der Waals surface area contributed by atoms with Crippen molar-refractivity contribution in [2.24, 2.45) is 5.92 Å². The summed E-state index contributed by atoms with van der Waals surface area (Å²) in [5.74, 6) is -0.993. The molecule has 0 heterocycles. The molecule has 0 amide bonds. The van der Waals surface area contributed by atoms with Crippen LogP contribution in [-0.4, -0.2) is 11.1 Å². The van der Waals surface area contributed by atoms with Gasteiger partial charge < -0.3 is 5.11 Å². The first-order chi connectivity index (χ1) is 6.30. The fourth-order valence-electron chi connectivity index (χ4n) is 1.48. The summed E-state index contributed by atoms with van der Waals surface area (Å²) in [7, 11) is 0. The minimum atomic E-state index is -0.703. The average Bonchev–Trinajstić information content (AvgIpc) is 2.14. The van der Waals surface area contributed by atoms with E-state index in [9.17, 15) is 4.79 Å². The molecule has 0 saturated heterocycles. The smallest absolute Gasteiger partial charge is 0.310 e. The minimum Gasteiger partial charge on any atom is -0.481 e. The quantitative estimate of drug-likeness (QED) is 0.673. The molecular formula is C11H16O2. The second kappa shape index (κ2) is 5.57. The van der Waals surface area contributed by atoms with E-state index in [-0.39, 0.29) is 5.92 Å². The number of allylic oxidation sites excluding steroid dienone is 3. The van der Waals surface area contributed by atoms with Gasteiger partial charge in [-0.3, -0.25) is 4.79 Å². The Kier molecular flexibility index (Phi) is 4.30. The average molecular weight is 180 g/mol. The fourth-order valence-corrected chi connectivity index (χ4v) is 1.48. The van der Waals surface area contributed by atoms with E-state index in [2.05, 4.69) is 6.08 Å². The molecule has 1 unspecified atom stereocenters. The van der Waals surface area contributed by atoms with Crippen LogP contribution in [-0.2, 0) is 4.79 Å². The van der Waals surface area contributed by atoms with Crippen molar-refractivity contribution in [3.05, 3.63) is 24.3 Å². The van der Waals surface area contributed by atoms with Crippen LogP contribution in [0.2, 0.25) is 0 Å². The Balaban J connectivity index is 2.55. The monoisotopic (exact) mass is 180 g/mol. The van der Waals surface area contributed by atoms with Gasteiger partial charge >= 0.3 is 5.97 Å². The Hall–Kier alpha value is -1.05. The molecule has 1 aliphatic rings. The van der Waals surface area contributed by atoms with Crippen LogP contribution < -0.4 is 0 Å². The van der Waals surface area contributed by atoms with Crippen LogP contribution in [0.1, 0.15) is 32.1 Å². The van der Waals surface area contributed by atoms with E-state index in [0.717, 1.165) is 25.7 Å². The zero-order valence-corrected chi connectivity index (χ0v) is 7.78. The lowest BCUT2D eigenvalue weighted by molar-refractivity contribution is -0.140. The number of rotatable bonds is 1. The summed E-state index contributed by atoms with van der Waals surface area (Å²) in [6.07, 6.45) is 12.9. The summed E-state index contributed by atoms with van der Waals surface area (Å²) in [6, 6.07) is 0. The van der Waals surface area contributed by atoms with Gasteiger partial charge in [-0.05, 0) is 19.3 Å². The van der Waals surface area contributed by atoms with Gasteiger partial charge in [0, 0.05) is 0 Å². The van der Waals surface area contributed by atoms with E-state index < -0.39 is 5.97 Å². The van der Waals surface area contributed by atoms with Crippen LogP contribution in [0.5, 0.6) is 0 Å². The molecule has 0 fully saturated rings. The zero-order valence-electron chi connectivity index (χ0n) is 7.78. The second-order valence-corrected chi connectivity index (χ2v) is 3.40. The first-order valence-corrected chi connectivity index (χ1v) is 4.87. The van der Waals surface area contributed by atoms with Gasteiger partial charge in [-0.2, -0.15) is 0 Å². The van der Waals surface area contributed by atoms with Gasteiger partial charge in [-0.25, -0.2) is 0 Å². The highest BCUT2D eigenvalue weighted by atomic mass is 16.4. The number of hydrogen-bond donors (Lipinski definition) is 1. The maximum Gasteiger partial charge on any atom is 0.310 e. The van der Waals surface area contributed by atoms with E-state index in [1.807, 2.05) is 12.2 Å². The van der Waals surface area contributed by atoms with Crippen LogP contribution in [0.3, 0.4) is 0 Å². The van der Waals surface area contributed by atoms with Gasteiger partial charge in [0.2, 0.25) is 0 Å². The lowest BCUT2D eigenvalue weighted by atomic mass is 9.99. The molecule has 0 radical (unpaired) electrons. The van der Waals surface area contributed by atoms with Gasteiger partial charge in [-0.1, -0.05) is 37.1 Å². The molecule has 1 rings (SSSR count). The van der Waals surface area contributed by atoms with E-state index >= 15 is 0 Å². The minimum absolute atomic E-state index is 0.289. The third kappa shape index (κ3) is 3.92. The molecule has 0 aromatic heterocycles. The standard InChI is InChI=1S/C11H16O2/c12-11(13)10-8-6-4-2-1-3-5-7-9-10/h2,4,6,8,10H,1,3,5,7,9H2,(H,12,13)/b4-2-,8-6+. The summed E-state index contributed by atoms with van der Waals surface area (Å²) >= 11 is 0. The highest BCUT2D eigenvalue weighted by Crippen LogP contribution is 2.14. The molecule has 2 heteroatoms. The summed E-state index contributed by atoms with van der Waals surface area (Å²) in [4.78, 5) is 10.7. The maximum absolute atomic E-state index is 10.7. The highest BCUT2D eigenvalue weighted by Gasteiger charge is 2.12. The predicted octanol–water partition coefficient (Wildman–Crippen LogP) is 2.76. The molecule has 0 spiro atoms. The largest absolute Gasteiger partial charge is 0.481 e. The molecule has 72 valence electrons. The summed E-state index contributed by atoms with van der Waals surface area (Å²) in [5.41, 5.74) is 0. The number of carboxylic acid groups (broad SMARTS) is 1. The van der Waals surface area contributed by atoms with Gasteiger partial charge in [0.25, 0.3) is 0 Å². The SMILES string of the molecule is O=C(O)C1/C=C/C=C\CCCCC1. The van der Waals surface area contributed by atoms with Gasteiger partial charge in [-0.15, -0.1) is 0 Å². The molecule has 0 aliphatic heterocycles. The Morgan fingerprint density at radius 1 is 1.23 bits per heavy atom. The number of carboxylic acids is 1. The molecule has 13 heavy (non-hydrogen) atoms. The number of aliphatic carboxylic acids is 1. The predicted molar refractivity (Wildman–Crippen MR) is 52.5 cm³/mol. The maximum atomic E-state index is 10.7. The Bertz CT molecular complexity index is 216. The Morgan fingerprint density at radius 2 is 2.08 bits per heavy atom. The topological polar surface area (TPSA) is 37.3 Å². The molecule has 2 nitrogen and oxygen atoms in total. The van der Waals surface area contributed by atoms with Gasteiger partial charge in [0.1, 0.15) is 0 Å². The Labute approximate surface area is 79.0 Å². The van der Waals surface area contributed by atoms with Crippen LogP contribution in [0.4, 0.5) is 0 Å². The van der Waals surface area contributed by atoms with Crippen molar-refractivity contribution in [1.29, 1.82) is 0 Å². The first-order valence-electron chi connectivity index (χ1n) is 4.87. The first kappa shape index (κ1) is 10.0. The molecule has 0 bridgehead atoms. The van der Waals surface area contributed by atoms with Gasteiger partial charge in [0.15, 0.2) is 0 Å². The van der Waals surface area contributed by atoms with Crippen molar-refractivity contribution < 1.29 is 9.90 Å². The molecule has 1 atom stereocenters. The summed E-state index contributed by atoms with van der Waals surface area (Å²) < 4.78 is 0. The van der Waals surface area contributed by atoms with Gasteiger partial charge in [0.05, 0.1) is 5.92 Å². The highest BCUT2D eigenvalue weighted by molar-refractivity contribution is 5.72. The lowest BCUT2D eigenvalue weighted by Gasteiger charge is -2.07. The molecular weight excluding hydrogens is 164 g/mol. The normalized spacial score (nSPS) is 29.1. The molecule has 0 aromatic carbocycles. The van der Waals surface area contributed by atoms with Crippen LogP contribution in [0, 0.1) is 5.92 Å². The molecule has 0 aromatic rings. The van der Waals surface area contributed by atoms with E-state index in [1.54, 1.807) is 6.08 Å². The van der Waals surface area contributed by atoms with E-state index in [1.165, 1.54) is 6.42 Å². The Morgan fingerprint density at radius 3 is 2.85 bits per heavy atom. The number of hydrogen-bond acceptors (Lipinski definition) is 1. The number of carbonyl (C=O) groups is 1. The summed E-state index contributed by atoms with van der Waals surface area (Å²) in [6.45, 7) is 0. The second-order valence-electron chi connectivity index (χ2n) is 3.40. The molecule has 1 N–H and O–H groups in total. The van der Waals surface area contributed by atoms with Crippen LogP contribution >= 0.6 is 0 Å². The lowest BCUT2D eigenvalue weighted by Crippen LogP contribution is -2.10. The van der Waals surface area contributed by atoms with E-state index in [4.69, 9.17) is 5.11 Å². The summed E-state index contributed by atoms with van der Waals surface area (Å²) in [5, 5.41) is 8.84. The van der Waals surface area contributed by atoms with Crippen molar-refractivity contribution in [3.63, 3.8) is 0 Å². The molecule has 1 aliphatic carbocycles. The third-order valence-corrected chi connectivity index (χ3v) is 2.29. The van der Waals surface area contributed by atoms with Crippen LogP contribution in [0.25, 0.3) is 0 Å². The van der Waals surface area contributed by atoms with Crippen molar-refractivity contribution >= 4 is 5.97 Å². The van der Waals surface area contributed by atoms with Crippen molar-refractivity contribution in [3.8, 4) is 0 Å². The van der Waals surface area contributed by atoms with Crippen molar-refractivity contribution in [1.82, 2.24) is 0 Å². The van der Waals surface area contributed by atoms with Crippen molar-refractivity contribution in [2.45, 2.75) is 32.1 Å².